The van der Waals surface area contributed by atoms with Crippen LogP contribution in [0.5, 0.6) is 0 Å². The van der Waals surface area contributed by atoms with E-state index >= 15 is 0 Å². The first-order valence-corrected chi connectivity index (χ1v) is 6.36. The van der Waals surface area contributed by atoms with E-state index in [1.54, 1.807) is 24.3 Å². The molecule has 0 bridgehead atoms. The van der Waals surface area contributed by atoms with Gasteiger partial charge < -0.3 is 0 Å². The van der Waals surface area contributed by atoms with Crippen molar-refractivity contribution in [2.24, 2.45) is 0 Å². The van der Waals surface area contributed by atoms with Crippen molar-refractivity contribution < 1.29 is 8.78 Å². The fourth-order valence-electron chi connectivity index (χ4n) is 2.08. The lowest BCUT2D eigenvalue weighted by atomic mass is 10.1. The van der Waals surface area contributed by atoms with Gasteiger partial charge in [0.25, 0.3) is 0 Å². The summed E-state index contributed by atoms with van der Waals surface area (Å²) in [6, 6.07) is 16.3. The monoisotopic (exact) mass is 266 g/mol. The molecule has 0 amide bonds. The van der Waals surface area contributed by atoms with Gasteiger partial charge >= 0.3 is 5.92 Å². The second-order valence-electron chi connectivity index (χ2n) is 4.81. The number of rotatable bonds is 1. The van der Waals surface area contributed by atoms with Gasteiger partial charge in [0.15, 0.2) is 0 Å². The van der Waals surface area contributed by atoms with Crippen molar-refractivity contribution in [2.45, 2.75) is 12.8 Å². The molecule has 0 spiro atoms. The summed E-state index contributed by atoms with van der Waals surface area (Å²) in [5.74, 6) is 2.51. The normalized spacial score (nSPS) is 15.6. The highest BCUT2D eigenvalue weighted by atomic mass is 19.3. The van der Waals surface area contributed by atoms with Crippen LogP contribution < -0.4 is 0 Å². The third-order valence-corrected chi connectivity index (χ3v) is 3.26. The summed E-state index contributed by atoms with van der Waals surface area (Å²) in [7, 11) is 0. The quantitative estimate of drug-likeness (QED) is 0.669. The topological polar surface area (TPSA) is 0 Å². The van der Waals surface area contributed by atoms with E-state index in [-0.39, 0.29) is 11.1 Å². The van der Waals surface area contributed by atoms with E-state index in [1.165, 1.54) is 0 Å². The molecule has 0 aliphatic heterocycles. The molecular formula is C18H12F2. The van der Waals surface area contributed by atoms with Crippen LogP contribution in [0.1, 0.15) is 16.7 Å². The van der Waals surface area contributed by atoms with Gasteiger partial charge in [-0.2, -0.15) is 8.78 Å². The summed E-state index contributed by atoms with van der Waals surface area (Å²) in [4.78, 5) is 0. The zero-order chi connectivity index (χ0) is 14.2. The van der Waals surface area contributed by atoms with E-state index in [0.29, 0.717) is 5.56 Å². The SMILES string of the molecule is Cc1ccc(C2=C(C#Cc3ccccc3)C2(F)F)cc1. The lowest BCUT2D eigenvalue weighted by molar-refractivity contribution is 0.153. The molecule has 0 nitrogen and oxygen atoms in total. The fraction of sp³-hybridized carbons (Fsp3) is 0.111. The van der Waals surface area contributed by atoms with Crippen LogP contribution in [-0.4, -0.2) is 5.92 Å². The molecule has 0 unspecified atom stereocenters. The molecule has 1 aliphatic rings. The molecule has 98 valence electrons. The Kier molecular flexibility index (Phi) is 2.91. The van der Waals surface area contributed by atoms with Gasteiger partial charge in [-0.05, 0) is 24.6 Å². The summed E-state index contributed by atoms with van der Waals surface area (Å²) < 4.78 is 27.5. The van der Waals surface area contributed by atoms with E-state index in [2.05, 4.69) is 11.8 Å². The van der Waals surface area contributed by atoms with Crippen molar-refractivity contribution in [1.82, 2.24) is 0 Å². The Morgan fingerprint density at radius 2 is 1.50 bits per heavy atom. The first kappa shape index (κ1) is 12.6. The molecule has 2 heteroatoms. The third-order valence-electron chi connectivity index (χ3n) is 3.26. The Hall–Kier alpha value is -2.40. The van der Waals surface area contributed by atoms with Crippen molar-refractivity contribution in [2.75, 3.05) is 0 Å². The predicted molar refractivity (Wildman–Crippen MR) is 76.4 cm³/mol. The van der Waals surface area contributed by atoms with Crippen LogP contribution in [0, 0.1) is 18.8 Å². The Labute approximate surface area is 116 Å². The molecule has 2 aromatic carbocycles. The Morgan fingerprint density at radius 3 is 2.15 bits per heavy atom. The van der Waals surface area contributed by atoms with E-state index < -0.39 is 5.92 Å². The molecule has 0 N–H and O–H groups in total. The zero-order valence-corrected chi connectivity index (χ0v) is 11.0. The predicted octanol–water partition coefficient (Wildman–Crippen LogP) is 4.45. The van der Waals surface area contributed by atoms with Crippen molar-refractivity contribution >= 4 is 5.57 Å². The number of alkyl halides is 2. The highest BCUT2D eigenvalue weighted by Gasteiger charge is 2.56. The average Bonchev–Trinajstić information content (AvgIpc) is 3.00. The molecule has 0 aromatic heterocycles. The summed E-state index contributed by atoms with van der Waals surface area (Å²) >= 11 is 0. The van der Waals surface area contributed by atoms with Gasteiger partial charge in [0, 0.05) is 5.56 Å². The van der Waals surface area contributed by atoms with Crippen molar-refractivity contribution in [1.29, 1.82) is 0 Å². The minimum Gasteiger partial charge on any atom is -0.195 e. The maximum Gasteiger partial charge on any atom is 0.308 e. The third kappa shape index (κ3) is 2.23. The van der Waals surface area contributed by atoms with Crippen LogP contribution in [0.25, 0.3) is 5.57 Å². The molecule has 0 saturated carbocycles. The van der Waals surface area contributed by atoms with E-state index in [1.807, 2.05) is 37.3 Å². The number of halogens is 2. The lowest BCUT2D eigenvalue weighted by Gasteiger charge is -1.98. The van der Waals surface area contributed by atoms with Crippen LogP contribution in [-0.2, 0) is 0 Å². The van der Waals surface area contributed by atoms with Crippen LogP contribution >= 0.6 is 0 Å². The van der Waals surface area contributed by atoms with E-state index in [9.17, 15) is 8.78 Å². The molecule has 3 rings (SSSR count). The molecule has 0 radical (unpaired) electrons. The molecule has 0 fully saturated rings. The van der Waals surface area contributed by atoms with Gasteiger partial charge in [-0.15, -0.1) is 0 Å². The minimum absolute atomic E-state index is 0.0564. The van der Waals surface area contributed by atoms with E-state index in [0.717, 1.165) is 11.1 Å². The van der Waals surface area contributed by atoms with Crippen LogP contribution in [0.15, 0.2) is 60.2 Å². The smallest absolute Gasteiger partial charge is 0.195 e. The molecule has 2 aromatic rings. The lowest BCUT2D eigenvalue weighted by Crippen LogP contribution is -1.96. The van der Waals surface area contributed by atoms with Gasteiger partial charge in [-0.25, -0.2) is 0 Å². The van der Waals surface area contributed by atoms with E-state index in [4.69, 9.17) is 0 Å². The number of hydrogen-bond donors (Lipinski definition) is 0. The second kappa shape index (κ2) is 4.61. The number of aryl methyl sites for hydroxylation is 1. The van der Waals surface area contributed by atoms with Crippen molar-refractivity contribution in [3.63, 3.8) is 0 Å². The van der Waals surface area contributed by atoms with Crippen molar-refractivity contribution in [3.05, 3.63) is 76.9 Å². The summed E-state index contributed by atoms with van der Waals surface area (Å²) in [6.07, 6.45) is 0. The van der Waals surface area contributed by atoms with Gasteiger partial charge in [0.1, 0.15) is 0 Å². The Balaban J connectivity index is 1.93. The Morgan fingerprint density at radius 1 is 0.850 bits per heavy atom. The zero-order valence-electron chi connectivity index (χ0n) is 11.0. The number of hydrogen-bond acceptors (Lipinski definition) is 0. The molecule has 0 saturated heterocycles. The first-order valence-electron chi connectivity index (χ1n) is 6.36. The number of allylic oxidation sites excluding steroid dienone is 2. The largest absolute Gasteiger partial charge is 0.308 e. The maximum absolute atomic E-state index is 13.8. The molecule has 20 heavy (non-hydrogen) atoms. The summed E-state index contributed by atoms with van der Waals surface area (Å²) in [6.45, 7) is 1.93. The first-order chi connectivity index (χ1) is 9.59. The van der Waals surface area contributed by atoms with Gasteiger partial charge in [-0.1, -0.05) is 59.9 Å². The number of benzene rings is 2. The molecular weight excluding hydrogens is 254 g/mol. The van der Waals surface area contributed by atoms with Crippen LogP contribution in [0.4, 0.5) is 8.78 Å². The van der Waals surface area contributed by atoms with Gasteiger partial charge in [-0.3, -0.25) is 0 Å². The van der Waals surface area contributed by atoms with Crippen molar-refractivity contribution in [3.8, 4) is 11.8 Å². The Bertz CT molecular complexity index is 726. The minimum atomic E-state index is -2.88. The summed E-state index contributed by atoms with van der Waals surface area (Å²) in [5, 5.41) is 0. The van der Waals surface area contributed by atoms with Crippen LogP contribution in [0.3, 0.4) is 0 Å². The highest BCUT2D eigenvalue weighted by molar-refractivity contribution is 5.95. The molecule has 0 atom stereocenters. The second-order valence-corrected chi connectivity index (χ2v) is 4.81. The average molecular weight is 266 g/mol. The maximum atomic E-state index is 13.8. The standard InChI is InChI=1S/C18H12F2/c1-13-7-10-15(11-8-13)17-16(18(17,19)20)12-9-14-5-3-2-4-6-14/h2-8,10-11H,1H3. The van der Waals surface area contributed by atoms with Crippen LogP contribution in [0.2, 0.25) is 0 Å². The molecule has 0 heterocycles. The van der Waals surface area contributed by atoms with Gasteiger partial charge in [0.2, 0.25) is 0 Å². The molecule has 1 aliphatic carbocycles. The summed E-state index contributed by atoms with van der Waals surface area (Å²) in [5.41, 5.74) is 2.34. The highest BCUT2D eigenvalue weighted by Crippen LogP contribution is 2.54. The fourth-order valence-corrected chi connectivity index (χ4v) is 2.08. The van der Waals surface area contributed by atoms with Gasteiger partial charge in [0.05, 0.1) is 11.1 Å².